The van der Waals surface area contributed by atoms with Crippen molar-refractivity contribution in [1.82, 2.24) is 0 Å². The molecule has 0 radical (unpaired) electrons. The average Bonchev–Trinajstić information content (AvgIpc) is 2.78. The molecule has 0 heterocycles. The molecule has 1 saturated carbocycles. The van der Waals surface area contributed by atoms with Gasteiger partial charge in [-0.25, -0.2) is 0 Å². The van der Waals surface area contributed by atoms with Gasteiger partial charge < -0.3 is 9.47 Å². The molecular weight excluding hydrogens is 222 g/mol. The average molecular weight is 232 g/mol. The summed E-state index contributed by atoms with van der Waals surface area (Å²) in [4.78, 5) is 0. The zero-order valence-electron chi connectivity index (χ0n) is 6.73. The third-order valence-electron chi connectivity index (χ3n) is 2.04. The summed E-state index contributed by atoms with van der Waals surface area (Å²) >= 11 is 16.8. The Bertz CT molecular complexity index is 207. The van der Waals surface area contributed by atoms with Crippen molar-refractivity contribution in [3.8, 4) is 0 Å². The first-order chi connectivity index (χ1) is 5.57. The van der Waals surface area contributed by atoms with Gasteiger partial charge in [-0.2, -0.15) is 0 Å². The number of halogens is 3. The van der Waals surface area contributed by atoms with Gasteiger partial charge in [0.25, 0.3) is 0 Å². The molecule has 0 spiro atoms. The molecule has 1 fully saturated rings. The first-order valence-electron chi connectivity index (χ1n) is 3.38. The first-order valence-corrected chi connectivity index (χ1v) is 4.51. The van der Waals surface area contributed by atoms with Crippen LogP contribution in [0.4, 0.5) is 0 Å². The van der Waals surface area contributed by atoms with Gasteiger partial charge in [0.15, 0.2) is 5.79 Å². The van der Waals surface area contributed by atoms with Gasteiger partial charge in [0.1, 0.15) is 4.49 Å². The maximum Gasteiger partial charge on any atom is 0.176 e. The Morgan fingerprint density at radius 3 is 2.00 bits per heavy atom. The molecule has 1 atom stereocenters. The quantitative estimate of drug-likeness (QED) is 0.696. The highest BCUT2D eigenvalue weighted by atomic mass is 35.5. The number of ether oxygens (including phenoxy) is 2. The van der Waals surface area contributed by atoms with Crippen LogP contribution in [0, 0.1) is 5.92 Å². The van der Waals surface area contributed by atoms with E-state index in [4.69, 9.17) is 44.3 Å². The fourth-order valence-electron chi connectivity index (χ4n) is 1.17. The lowest BCUT2D eigenvalue weighted by atomic mass is 10.4. The van der Waals surface area contributed by atoms with Crippen LogP contribution in [-0.4, -0.2) is 20.0 Å². The van der Waals surface area contributed by atoms with E-state index in [0.717, 1.165) is 0 Å². The third kappa shape index (κ3) is 1.73. The minimum absolute atomic E-state index is 0.0285. The predicted octanol–water partition coefficient (Wildman–Crippen LogP) is 2.88. The minimum atomic E-state index is -0.605. The summed E-state index contributed by atoms with van der Waals surface area (Å²) < 4.78 is 10.3. The van der Waals surface area contributed by atoms with Crippen LogP contribution in [0.5, 0.6) is 0 Å². The Balaban J connectivity index is 2.68. The summed E-state index contributed by atoms with van der Waals surface area (Å²) in [7, 11) is 3.13. The van der Waals surface area contributed by atoms with Crippen molar-refractivity contribution in [2.75, 3.05) is 14.2 Å². The van der Waals surface area contributed by atoms with Gasteiger partial charge in [-0.3, -0.25) is 0 Å². The summed E-state index contributed by atoms with van der Waals surface area (Å²) in [5.41, 5.74) is 0. The van der Waals surface area contributed by atoms with E-state index in [1.165, 1.54) is 0 Å². The van der Waals surface area contributed by atoms with Gasteiger partial charge >= 0.3 is 0 Å². The van der Waals surface area contributed by atoms with Crippen LogP contribution in [0.1, 0.15) is 6.42 Å². The summed E-state index contributed by atoms with van der Waals surface area (Å²) in [5, 5.41) is 0.405. The zero-order chi connectivity index (χ0) is 9.35. The second kappa shape index (κ2) is 3.72. The first kappa shape index (κ1) is 10.6. The van der Waals surface area contributed by atoms with Crippen molar-refractivity contribution in [3.63, 3.8) is 0 Å². The van der Waals surface area contributed by atoms with E-state index in [9.17, 15) is 0 Å². The Morgan fingerprint density at radius 1 is 1.25 bits per heavy atom. The SMILES string of the molecule is COC1(OC)CC1C(Cl)=C(Cl)Cl. The summed E-state index contributed by atoms with van der Waals surface area (Å²) in [6.07, 6.45) is 0.696. The Kier molecular flexibility index (Phi) is 3.29. The highest BCUT2D eigenvalue weighted by Gasteiger charge is 2.58. The maximum absolute atomic E-state index is 5.81. The molecule has 70 valence electrons. The molecule has 0 aromatic heterocycles. The molecule has 1 aliphatic rings. The van der Waals surface area contributed by atoms with Gasteiger partial charge in [-0.1, -0.05) is 34.8 Å². The van der Waals surface area contributed by atoms with Crippen molar-refractivity contribution in [2.45, 2.75) is 12.2 Å². The zero-order valence-corrected chi connectivity index (χ0v) is 9.00. The smallest absolute Gasteiger partial charge is 0.176 e. The van der Waals surface area contributed by atoms with Crippen molar-refractivity contribution in [1.29, 1.82) is 0 Å². The molecular formula is C7H9Cl3O2. The van der Waals surface area contributed by atoms with E-state index in [-0.39, 0.29) is 10.4 Å². The monoisotopic (exact) mass is 230 g/mol. The molecule has 0 aromatic carbocycles. The van der Waals surface area contributed by atoms with Crippen LogP contribution < -0.4 is 0 Å². The molecule has 0 N–H and O–H groups in total. The van der Waals surface area contributed by atoms with E-state index in [2.05, 4.69) is 0 Å². The van der Waals surface area contributed by atoms with Crippen molar-refractivity contribution in [3.05, 3.63) is 9.52 Å². The summed E-state index contributed by atoms with van der Waals surface area (Å²) in [6.45, 7) is 0. The van der Waals surface area contributed by atoms with Crippen LogP contribution in [0.2, 0.25) is 0 Å². The van der Waals surface area contributed by atoms with Crippen molar-refractivity contribution < 1.29 is 9.47 Å². The largest absolute Gasteiger partial charge is 0.353 e. The molecule has 2 nitrogen and oxygen atoms in total. The van der Waals surface area contributed by atoms with E-state index < -0.39 is 5.79 Å². The molecule has 1 aliphatic carbocycles. The van der Waals surface area contributed by atoms with Gasteiger partial charge in [0.05, 0.1) is 11.0 Å². The predicted molar refractivity (Wildman–Crippen MR) is 49.4 cm³/mol. The topological polar surface area (TPSA) is 18.5 Å². The van der Waals surface area contributed by atoms with Crippen LogP contribution in [-0.2, 0) is 9.47 Å². The number of hydrogen-bond donors (Lipinski definition) is 0. The van der Waals surface area contributed by atoms with Crippen molar-refractivity contribution >= 4 is 34.8 Å². The maximum atomic E-state index is 5.81. The molecule has 0 aromatic rings. The molecule has 0 saturated heterocycles. The summed E-state index contributed by atoms with van der Waals surface area (Å²) in [6, 6.07) is 0. The number of methoxy groups -OCH3 is 2. The van der Waals surface area contributed by atoms with Crippen LogP contribution >= 0.6 is 34.8 Å². The minimum Gasteiger partial charge on any atom is -0.353 e. The van der Waals surface area contributed by atoms with Crippen LogP contribution in [0.15, 0.2) is 9.52 Å². The highest BCUT2D eigenvalue weighted by Crippen LogP contribution is 2.54. The van der Waals surface area contributed by atoms with Gasteiger partial charge in [-0.15, -0.1) is 0 Å². The van der Waals surface area contributed by atoms with E-state index in [1.54, 1.807) is 14.2 Å². The molecule has 1 unspecified atom stereocenters. The fraction of sp³-hybridized carbons (Fsp3) is 0.714. The van der Waals surface area contributed by atoms with E-state index in [0.29, 0.717) is 11.5 Å². The van der Waals surface area contributed by atoms with Crippen molar-refractivity contribution in [2.24, 2.45) is 5.92 Å². The lowest BCUT2D eigenvalue weighted by molar-refractivity contribution is -0.135. The Labute approximate surface area is 86.4 Å². The van der Waals surface area contributed by atoms with Crippen LogP contribution in [0.3, 0.4) is 0 Å². The Hall–Kier alpha value is 0.530. The molecule has 0 amide bonds. The standard InChI is InChI=1S/C7H9Cl3O2/c1-11-7(12-2)3-4(7)5(8)6(9)10/h4H,3H2,1-2H3. The van der Waals surface area contributed by atoms with Gasteiger partial charge in [0.2, 0.25) is 0 Å². The van der Waals surface area contributed by atoms with E-state index in [1.807, 2.05) is 0 Å². The number of rotatable bonds is 3. The molecule has 0 aliphatic heterocycles. The third-order valence-corrected chi connectivity index (χ3v) is 3.09. The van der Waals surface area contributed by atoms with Gasteiger partial charge in [0, 0.05) is 20.6 Å². The molecule has 12 heavy (non-hydrogen) atoms. The van der Waals surface area contributed by atoms with Crippen LogP contribution in [0.25, 0.3) is 0 Å². The summed E-state index contributed by atoms with van der Waals surface area (Å²) in [5.74, 6) is -0.634. The lowest BCUT2D eigenvalue weighted by Crippen LogP contribution is -2.17. The highest BCUT2D eigenvalue weighted by molar-refractivity contribution is 6.59. The second-order valence-electron chi connectivity index (χ2n) is 2.59. The lowest BCUT2D eigenvalue weighted by Gasteiger charge is -2.12. The number of hydrogen-bond acceptors (Lipinski definition) is 2. The normalized spacial score (nSPS) is 25.2. The second-order valence-corrected chi connectivity index (χ2v) is 3.94. The fourth-order valence-corrected chi connectivity index (χ4v) is 1.68. The Morgan fingerprint density at radius 2 is 1.75 bits per heavy atom. The molecule has 1 rings (SSSR count). The van der Waals surface area contributed by atoms with E-state index >= 15 is 0 Å². The molecule has 5 heteroatoms. The molecule has 0 bridgehead atoms. The van der Waals surface area contributed by atoms with Gasteiger partial charge in [-0.05, 0) is 0 Å².